The maximum Gasteiger partial charge on any atom is 0.144 e. The van der Waals surface area contributed by atoms with Gasteiger partial charge in [0, 0.05) is 5.56 Å². The molecule has 0 N–H and O–H groups in total. The fourth-order valence-corrected chi connectivity index (χ4v) is 1.17. The first-order chi connectivity index (χ1) is 5.15. The van der Waals surface area contributed by atoms with Crippen molar-refractivity contribution in [2.24, 2.45) is 0 Å². The van der Waals surface area contributed by atoms with Gasteiger partial charge in [0.05, 0.1) is 4.47 Å². The predicted octanol–water partition coefficient (Wildman–Crippen LogP) is 3.37. The van der Waals surface area contributed by atoms with Crippen molar-refractivity contribution in [1.29, 1.82) is 0 Å². The topological polar surface area (TPSA) is 0 Å². The molecular formula is C8H5BrF2. The lowest BCUT2D eigenvalue weighted by molar-refractivity contribution is 0.592. The molecule has 0 aromatic heterocycles. The highest BCUT2D eigenvalue weighted by molar-refractivity contribution is 9.10. The van der Waals surface area contributed by atoms with E-state index in [1.54, 1.807) is 0 Å². The van der Waals surface area contributed by atoms with Gasteiger partial charge >= 0.3 is 0 Å². The van der Waals surface area contributed by atoms with Crippen LogP contribution in [-0.2, 0) is 0 Å². The van der Waals surface area contributed by atoms with Crippen molar-refractivity contribution in [3.63, 3.8) is 0 Å². The SMILES string of the molecule is C=Cc1cc(F)cc(Br)c1F. The van der Waals surface area contributed by atoms with Crippen molar-refractivity contribution < 1.29 is 8.78 Å². The summed E-state index contributed by atoms with van der Waals surface area (Å²) in [5.74, 6) is -0.963. The van der Waals surface area contributed by atoms with Crippen LogP contribution in [0.5, 0.6) is 0 Å². The molecule has 0 radical (unpaired) electrons. The van der Waals surface area contributed by atoms with Gasteiger partial charge in [-0.05, 0) is 28.1 Å². The first-order valence-electron chi connectivity index (χ1n) is 2.92. The fourth-order valence-electron chi connectivity index (χ4n) is 0.724. The summed E-state index contributed by atoms with van der Waals surface area (Å²) in [6.45, 7) is 3.35. The van der Waals surface area contributed by atoms with E-state index in [1.165, 1.54) is 6.08 Å². The average Bonchev–Trinajstić information content (AvgIpc) is 1.96. The molecule has 0 unspecified atom stereocenters. The molecule has 0 amide bonds. The Morgan fingerprint density at radius 3 is 2.55 bits per heavy atom. The van der Waals surface area contributed by atoms with Crippen LogP contribution in [0.15, 0.2) is 23.2 Å². The molecule has 0 nitrogen and oxygen atoms in total. The van der Waals surface area contributed by atoms with Gasteiger partial charge in [-0.3, -0.25) is 0 Å². The van der Waals surface area contributed by atoms with E-state index in [9.17, 15) is 8.78 Å². The second kappa shape index (κ2) is 3.13. The molecule has 0 aliphatic rings. The van der Waals surface area contributed by atoms with Crippen LogP contribution >= 0.6 is 15.9 Å². The first kappa shape index (κ1) is 8.40. The largest absolute Gasteiger partial charge is 0.207 e. The molecule has 0 spiro atoms. The molecule has 0 bridgehead atoms. The third-order valence-corrected chi connectivity index (χ3v) is 1.82. The molecule has 0 atom stereocenters. The lowest BCUT2D eigenvalue weighted by Crippen LogP contribution is -1.86. The van der Waals surface area contributed by atoms with Crippen LogP contribution in [-0.4, -0.2) is 0 Å². The predicted molar refractivity (Wildman–Crippen MR) is 44.1 cm³/mol. The van der Waals surface area contributed by atoms with E-state index in [0.29, 0.717) is 0 Å². The van der Waals surface area contributed by atoms with Gasteiger partial charge in [0.25, 0.3) is 0 Å². The molecule has 0 aliphatic heterocycles. The van der Waals surface area contributed by atoms with Crippen molar-refractivity contribution in [3.8, 4) is 0 Å². The number of hydrogen-bond donors (Lipinski definition) is 0. The van der Waals surface area contributed by atoms with Gasteiger partial charge in [-0.15, -0.1) is 0 Å². The van der Waals surface area contributed by atoms with Gasteiger partial charge in [-0.1, -0.05) is 12.7 Å². The number of hydrogen-bond acceptors (Lipinski definition) is 0. The van der Waals surface area contributed by atoms with Crippen LogP contribution in [0, 0.1) is 11.6 Å². The molecule has 1 rings (SSSR count). The third kappa shape index (κ3) is 1.66. The van der Waals surface area contributed by atoms with E-state index in [-0.39, 0.29) is 10.0 Å². The summed E-state index contributed by atoms with van der Waals surface area (Å²) < 4.78 is 25.6. The second-order valence-corrected chi connectivity index (χ2v) is 2.85. The molecule has 0 fully saturated rings. The van der Waals surface area contributed by atoms with Crippen LogP contribution < -0.4 is 0 Å². The summed E-state index contributed by atoms with van der Waals surface area (Å²) in [6.07, 6.45) is 1.27. The van der Waals surface area contributed by atoms with E-state index < -0.39 is 11.6 Å². The summed E-state index contributed by atoms with van der Waals surface area (Å²) in [5.41, 5.74) is 0.164. The molecule has 1 aromatic carbocycles. The van der Waals surface area contributed by atoms with Gasteiger partial charge in [-0.2, -0.15) is 0 Å². The van der Waals surface area contributed by atoms with Gasteiger partial charge in [-0.25, -0.2) is 8.78 Å². The van der Waals surface area contributed by atoms with Gasteiger partial charge in [0.15, 0.2) is 0 Å². The summed E-state index contributed by atoms with van der Waals surface area (Å²) in [5, 5.41) is 0. The smallest absolute Gasteiger partial charge is 0.144 e. The Hall–Kier alpha value is -0.700. The molecular weight excluding hydrogens is 214 g/mol. The number of benzene rings is 1. The zero-order valence-electron chi connectivity index (χ0n) is 5.57. The Labute approximate surface area is 71.7 Å². The minimum atomic E-state index is -0.485. The monoisotopic (exact) mass is 218 g/mol. The summed E-state index contributed by atoms with van der Waals surface area (Å²) >= 11 is 2.87. The highest BCUT2D eigenvalue weighted by Gasteiger charge is 2.05. The van der Waals surface area contributed by atoms with Crippen molar-refractivity contribution in [1.82, 2.24) is 0 Å². The summed E-state index contributed by atoms with van der Waals surface area (Å²) in [6, 6.07) is 2.16. The van der Waals surface area contributed by atoms with Crippen LogP contribution in [0.1, 0.15) is 5.56 Å². The standard InChI is InChI=1S/C8H5BrF2/c1-2-5-3-6(10)4-7(9)8(5)11/h2-4H,1H2. The molecule has 58 valence electrons. The van der Waals surface area contributed by atoms with Crippen molar-refractivity contribution >= 4 is 22.0 Å². The minimum absolute atomic E-state index is 0.118. The van der Waals surface area contributed by atoms with E-state index in [1.807, 2.05) is 0 Å². The number of halogens is 3. The molecule has 1 aromatic rings. The zero-order chi connectivity index (χ0) is 8.43. The Morgan fingerprint density at radius 1 is 1.36 bits per heavy atom. The lowest BCUT2D eigenvalue weighted by atomic mass is 10.2. The van der Waals surface area contributed by atoms with Crippen molar-refractivity contribution in [2.45, 2.75) is 0 Å². The first-order valence-corrected chi connectivity index (χ1v) is 3.71. The minimum Gasteiger partial charge on any atom is -0.207 e. The van der Waals surface area contributed by atoms with Crippen LogP contribution in [0.2, 0.25) is 0 Å². The van der Waals surface area contributed by atoms with E-state index >= 15 is 0 Å². The van der Waals surface area contributed by atoms with Crippen LogP contribution in [0.3, 0.4) is 0 Å². The Bertz CT molecular complexity index is 294. The fraction of sp³-hybridized carbons (Fsp3) is 0. The third-order valence-electron chi connectivity index (χ3n) is 1.24. The van der Waals surface area contributed by atoms with E-state index in [4.69, 9.17) is 0 Å². The number of rotatable bonds is 1. The summed E-state index contributed by atoms with van der Waals surface area (Å²) in [4.78, 5) is 0. The maximum absolute atomic E-state index is 12.9. The quantitative estimate of drug-likeness (QED) is 0.635. The van der Waals surface area contributed by atoms with E-state index in [2.05, 4.69) is 22.5 Å². The van der Waals surface area contributed by atoms with Crippen LogP contribution in [0.25, 0.3) is 6.08 Å². The molecule has 0 saturated carbocycles. The zero-order valence-corrected chi connectivity index (χ0v) is 7.16. The highest BCUT2D eigenvalue weighted by Crippen LogP contribution is 2.21. The molecule has 3 heteroatoms. The average molecular weight is 219 g/mol. The molecule has 11 heavy (non-hydrogen) atoms. The van der Waals surface area contributed by atoms with Crippen molar-refractivity contribution in [2.75, 3.05) is 0 Å². The Kier molecular flexibility index (Phi) is 2.39. The van der Waals surface area contributed by atoms with Gasteiger partial charge < -0.3 is 0 Å². The maximum atomic E-state index is 12.9. The normalized spacial score (nSPS) is 9.73. The van der Waals surface area contributed by atoms with Crippen molar-refractivity contribution in [3.05, 3.63) is 40.4 Å². The van der Waals surface area contributed by atoms with E-state index in [0.717, 1.165) is 12.1 Å². The molecule has 0 heterocycles. The highest BCUT2D eigenvalue weighted by atomic mass is 79.9. The van der Waals surface area contributed by atoms with Gasteiger partial charge in [0.2, 0.25) is 0 Å². The van der Waals surface area contributed by atoms with Gasteiger partial charge in [0.1, 0.15) is 11.6 Å². The van der Waals surface area contributed by atoms with Crippen LogP contribution in [0.4, 0.5) is 8.78 Å². The molecule has 0 saturated heterocycles. The Morgan fingerprint density at radius 2 is 2.00 bits per heavy atom. The lowest BCUT2D eigenvalue weighted by Gasteiger charge is -1.98. The second-order valence-electron chi connectivity index (χ2n) is 1.99. The Balaban J connectivity index is 3.35. The molecule has 0 aliphatic carbocycles. The summed E-state index contributed by atoms with van der Waals surface area (Å²) in [7, 11) is 0.